The normalized spacial score (nSPS) is 10.2. The fourth-order valence-electron chi connectivity index (χ4n) is 2.29. The van der Waals surface area contributed by atoms with Gasteiger partial charge in [0.1, 0.15) is 0 Å². The molecule has 0 saturated carbocycles. The summed E-state index contributed by atoms with van der Waals surface area (Å²) >= 11 is 5.60. The second-order valence-electron chi connectivity index (χ2n) is 5.41. The van der Waals surface area contributed by atoms with E-state index in [1.54, 1.807) is 0 Å². The SMILES string of the molecule is CCCCNC(=S)N(Cc1ccccc1)Cc1ccccc1. The smallest absolute Gasteiger partial charge is 0.169 e. The minimum atomic E-state index is 0.827. The highest BCUT2D eigenvalue weighted by molar-refractivity contribution is 7.80. The standard InChI is InChI=1S/C19H24N2S/c1-2-3-14-20-19(22)21(15-17-10-6-4-7-11-17)16-18-12-8-5-9-13-18/h4-13H,2-3,14-16H2,1H3,(H,20,22). The summed E-state index contributed by atoms with van der Waals surface area (Å²) in [6, 6.07) is 21.0. The van der Waals surface area contributed by atoms with Gasteiger partial charge in [-0.25, -0.2) is 0 Å². The summed E-state index contributed by atoms with van der Waals surface area (Å²) in [7, 11) is 0. The van der Waals surface area contributed by atoms with Gasteiger partial charge in [-0.15, -0.1) is 0 Å². The van der Waals surface area contributed by atoms with Gasteiger partial charge in [-0.2, -0.15) is 0 Å². The van der Waals surface area contributed by atoms with Crippen LogP contribution >= 0.6 is 12.2 Å². The molecule has 0 aliphatic heterocycles. The minimum Gasteiger partial charge on any atom is -0.363 e. The zero-order chi connectivity index (χ0) is 15.6. The maximum absolute atomic E-state index is 5.60. The molecular formula is C19H24N2S. The molecule has 2 aromatic rings. The van der Waals surface area contributed by atoms with Gasteiger partial charge in [0.25, 0.3) is 0 Å². The van der Waals surface area contributed by atoms with Gasteiger partial charge in [0.15, 0.2) is 5.11 Å². The van der Waals surface area contributed by atoms with E-state index in [2.05, 4.69) is 65.7 Å². The van der Waals surface area contributed by atoms with Crippen molar-refractivity contribution in [2.45, 2.75) is 32.9 Å². The molecule has 0 radical (unpaired) electrons. The molecule has 116 valence electrons. The summed E-state index contributed by atoms with van der Waals surface area (Å²) in [5.74, 6) is 0. The highest BCUT2D eigenvalue weighted by atomic mass is 32.1. The largest absolute Gasteiger partial charge is 0.363 e. The van der Waals surface area contributed by atoms with Crippen LogP contribution in [0.2, 0.25) is 0 Å². The van der Waals surface area contributed by atoms with E-state index in [-0.39, 0.29) is 0 Å². The predicted molar refractivity (Wildman–Crippen MR) is 97.6 cm³/mol. The zero-order valence-electron chi connectivity index (χ0n) is 13.2. The van der Waals surface area contributed by atoms with Crippen LogP contribution in [-0.2, 0) is 13.1 Å². The van der Waals surface area contributed by atoms with Crippen molar-refractivity contribution in [3.63, 3.8) is 0 Å². The summed E-state index contributed by atoms with van der Waals surface area (Å²) in [6.45, 7) is 4.78. The Morgan fingerprint density at radius 2 is 1.41 bits per heavy atom. The minimum absolute atomic E-state index is 0.827. The average molecular weight is 312 g/mol. The van der Waals surface area contributed by atoms with Crippen molar-refractivity contribution in [2.75, 3.05) is 6.54 Å². The van der Waals surface area contributed by atoms with Crippen LogP contribution in [0.1, 0.15) is 30.9 Å². The van der Waals surface area contributed by atoms with Gasteiger partial charge in [-0.1, -0.05) is 74.0 Å². The van der Waals surface area contributed by atoms with Crippen LogP contribution in [0.3, 0.4) is 0 Å². The Morgan fingerprint density at radius 3 is 1.86 bits per heavy atom. The van der Waals surface area contributed by atoms with Crippen LogP contribution in [0.15, 0.2) is 60.7 Å². The molecule has 0 spiro atoms. The third-order valence-electron chi connectivity index (χ3n) is 3.53. The molecule has 2 aromatic carbocycles. The first kappa shape index (κ1) is 16.5. The summed E-state index contributed by atoms with van der Waals surface area (Å²) in [5, 5.41) is 4.22. The summed E-state index contributed by atoms with van der Waals surface area (Å²) in [5.41, 5.74) is 2.55. The van der Waals surface area contributed by atoms with Crippen LogP contribution in [0.4, 0.5) is 0 Å². The molecule has 0 atom stereocenters. The maximum atomic E-state index is 5.60. The van der Waals surface area contributed by atoms with E-state index in [0.717, 1.165) is 31.2 Å². The van der Waals surface area contributed by atoms with Gasteiger partial charge < -0.3 is 10.2 Å². The van der Waals surface area contributed by atoms with E-state index in [1.165, 1.54) is 17.5 Å². The average Bonchev–Trinajstić information content (AvgIpc) is 2.56. The molecule has 0 aromatic heterocycles. The lowest BCUT2D eigenvalue weighted by molar-refractivity contribution is 0.398. The Bertz CT molecular complexity index is 513. The van der Waals surface area contributed by atoms with Gasteiger partial charge in [-0.3, -0.25) is 0 Å². The molecule has 2 rings (SSSR count). The van der Waals surface area contributed by atoms with Crippen LogP contribution < -0.4 is 5.32 Å². The third kappa shape index (κ3) is 5.49. The first-order chi connectivity index (χ1) is 10.8. The highest BCUT2D eigenvalue weighted by Gasteiger charge is 2.10. The fraction of sp³-hybridized carbons (Fsp3) is 0.316. The Labute approximate surface area is 139 Å². The number of unbranched alkanes of at least 4 members (excludes halogenated alkanes) is 1. The molecule has 0 amide bonds. The van der Waals surface area contributed by atoms with Gasteiger partial charge in [0, 0.05) is 19.6 Å². The van der Waals surface area contributed by atoms with E-state index in [0.29, 0.717) is 0 Å². The summed E-state index contributed by atoms with van der Waals surface area (Å²) in [4.78, 5) is 2.23. The molecule has 1 N–H and O–H groups in total. The predicted octanol–water partition coefficient (Wildman–Crippen LogP) is 4.36. The molecular weight excluding hydrogens is 288 g/mol. The van der Waals surface area contributed by atoms with Crippen molar-refractivity contribution in [3.8, 4) is 0 Å². The van der Waals surface area contributed by atoms with Crippen LogP contribution in [0.25, 0.3) is 0 Å². The monoisotopic (exact) mass is 312 g/mol. The van der Waals surface area contributed by atoms with Crippen molar-refractivity contribution >= 4 is 17.3 Å². The Morgan fingerprint density at radius 1 is 0.909 bits per heavy atom. The Kier molecular flexibility index (Phi) is 6.91. The molecule has 0 fully saturated rings. The molecule has 22 heavy (non-hydrogen) atoms. The lowest BCUT2D eigenvalue weighted by Gasteiger charge is -2.26. The molecule has 0 heterocycles. The van der Waals surface area contributed by atoms with Crippen molar-refractivity contribution in [1.29, 1.82) is 0 Å². The van der Waals surface area contributed by atoms with Crippen molar-refractivity contribution < 1.29 is 0 Å². The molecule has 3 heteroatoms. The van der Waals surface area contributed by atoms with E-state index in [1.807, 2.05) is 12.1 Å². The van der Waals surface area contributed by atoms with Gasteiger partial charge in [-0.05, 0) is 29.8 Å². The first-order valence-corrected chi connectivity index (χ1v) is 8.31. The Balaban J connectivity index is 2.04. The van der Waals surface area contributed by atoms with Crippen molar-refractivity contribution in [1.82, 2.24) is 10.2 Å². The fourth-order valence-corrected chi connectivity index (χ4v) is 2.52. The molecule has 2 nitrogen and oxygen atoms in total. The number of nitrogens with one attached hydrogen (secondary N) is 1. The molecule has 0 aliphatic rings. The molecule has 0 aliphatic carbocycles. The van der Waals surface area contributed by atoms with E-state index < -0.39 is 0 Å². The maximum Gasteiger partial charge on any atom is 0.169 e. The van der Waals surface area contributed by atoms with Crippen molar-refractivity contribution in [2.24, 2.45) is 0 Å². The second-order valence-corrected chi connectivity index (χ2v) is 5.80. The van der Waals surface area contributed by atoms with Crippen LogP contribution in [0.5, 0.6) is 0 Å². The van der Waals surface area contributed by atoms with Crippen LogP contribution in [0, 0.1) is 0 Å². The van der Waals surface area contributed by atoms with E-state index in [4.69, 9.17) is 12.2 Å². The zero-order valence-corrected chi connectivity index (χ0v) is 14.0. The number of hydrogen-bond donors (Lipinski definition) is 1. The van der Waals surface area contributed by atoms with Gasteiger partial charge in [0.05, 0.1) is 0 Å². The quantitative estimate of drug-likeness (QED) is 0.604. The number of thiocarbonyl (C=S) groups is 1. The molecule has 0 unspecified atom stereocenters. The second kappa shape index (κ2) is 9.21. The lowest BCUT2D eigenvalue weighted by Crippen LogP contribution is -2.39. The molecule has 0 bridgehead atoms. The number of hydrogen-bond acceptors (Lipinski definition) is 1. The third-order valence-corrected chi connectivity index (χ3v) is 3.93. The number of rotatable bonds is 7. The van der Waals surface area contributed by atoms with Crippen molar-refractivity contribution in [3.05, 3.63) is 71.8 Å². The van der Waals surface area contributed by atoms with E-state index >= 15 is 0 Å². The van der Waals surface area contributed by atoms with Gasteiger partial charge >= 0.3 is 0 Å². The number of nitrogens with zero attached hydrogens (tertiary/aromatic N) is 1. The van der Waals surface area contributed by atoms with Crippen LogP contribution in [-0.4, -0.2) is 16.6 Å². The molecule has 0 saturated heterocycles. The lowest BCUT2D eigenvalue weighted by atomic mass is 10.2. The summed E-state index contributed by atoms with van der Waals surface area (Å²) in [6.07, 6.45) is 2.32. The highest BCUT2D eigenvalue weighted by Crippen LogP contribution is 2.10. The Hall–Kier alpha value is -1.87. The number of benzene rings is 2. The topological polar surface area (TPSA) is 15.3 Å². The van der Waals surface area contributed by atoms with E-state index in [9.17, 15) is 0 Å². The first-order valence-electron chi connectivity index (χ1n) is 7.90. The summed E-state index contributed by atoms with van der Waals surface area (Å²) < 4.78 is 0. The van der Waals surface area contributed by atoms with Gasteiger partial charge in [0.2, 0.25) is 0 Å².